The van der Waals surface area contributed by atoms with E-state index >= 15 is 0 Å². The Hall–Kier alpha value is -10.1. The number of fused-ring (bicyclic) bond motifs is 3. The molecular weight excluding hydrogens is 1220 g/mol. The van der Waals surface area contributed by atoms with Gasteiger partial charge in [-0.25, -0.2) is 43.2 Å². The first-order valence-corrected chi connectivity index (χ1v) is 30.3. The van der Waals surface area contributed by atoms with Crippen molar-refractivity contribution in [3.8, 4) is 34.3 Å². The maximum atomic E-state index is 13.3. The van der Waals surface area contributed by atoms with Crippen molar-refractivity contribution in [1.29, 1.82) is 0 Å². The zero-order valence-corrected chi connectivity index (χ0v) is 56.5. The van der Waals surface area contributed by atoms with Crippen molar-refractivity contribution in [2.45, 2.75) is 159 Å². The van der Waals surface area contributed by atoms with E-state index in [9.17, 15) is 43.2 Å². The van der Waals surface area contributed by atoms with Crippen molar-refractivity contribution in [1.82, 2.24) is 42.4 Å². The molecule has 0 fully saturated rings. The zero-order chi connectivity index (χ0) is 69.7. The minimum Gasteiger partial charge on any atom is -0.497 e. The van der Waals surface area contributed by atoms with Gasteiger partial charge in [0.05, 0.1) is 94.1 Å². The number of methoxy groups -OCH3 is 3. The van der Waals surface area contributed by atoms with Gasteiger partial charge in [-0.3, -0.25) is 37.1 Å². The summed E-state index contributed by atoms with van der Waals surface area (Å²) in [5.41, 5.74) is 1.36. The van der Waals surface area contributed by atoms with Crippen LogP contribution in [0.5, 0.6) is 17.2 Å². The first kappa shape index (κ1) is 72.9. The Morgan fingerprint density at radius 2 is 0.915 bits per heavy atom. The average Bonchev–Trinajstić information content (AvgIpc) is 1.61. The van der Waals surface area contributed by atoms with Crippen molar-refractivity contribution in [2.24, 2.45) is 0 Å². The van der Waals surface area contributed by atoms with Crippen LogP contribution in [0.15, 0.2) is 99.6 Å². The summed E-state index contributed by atoms with van der Waals surface area (Å²) in [4.78, 5) is 117. The van der Waals surface area contributed by atoms with Gasteiger partial charge in [0, 0.05) is 31.9 Å². The van der Waals surface area contributed by atoms with E-state index in [4.69, 9.17) is 42.6 Å². The highest BCUT2D eigenvalue weighted by Gasteiger charge is 2.38. The Morgan fingerprint density at radius 3 is 1.31 bits per heavy atom. The van der Waals surface area contributed by atoms with Gasteiger partial charge in [-0.2, -0.15) is 0 Å². The van der Waals surface area contributed by atoms with Crippen LogP contribution >= 0.6 is 0 Å². The largest absolute Gasteiger partial charge is 0.519 e. The second kappa shape index (κ2) is 31.0. The summed E-state index contributed by atoms with van der Waals surface area (Å²) >= 11 is 0. The summed E-state index contributed by atoms with van der Waals surface area (Å²) in [6.45, 7) is 28.1. The normalized spacial score (nSPS) is 14.1. The molecule has 28 nitrogen and oxygen atoms in total. The average molecular weight is 1310 g/mol. The molecule has 0 aliphatic carbocycles. The summed E-state index contributed by atoms with van der Waals surface area (Å²) in [7, 11) is 4.69. The number of ether oxygens (including phenoxy) is 10. The quantitative estimate of drug-likeness (QED) is 0.0677. The third-order valence-electron chi connectivity index (χ3n) is 13.7. The number of benzene rings is 3. The first-order valence-electron chi connectivity index (χ1n) is 30.3. The Bertz CT molecular complexity index is 3990. The molecule has 28 heteroatoms. The molecule has 0 saturated heterocycles. The standard InChI is InChI=1S/C22H29N3O6.C17H21N3O4.C17H17N3O4.C10H18O5/c1-7-30-19(26)18-17-13-23(21(28)31-22(3,4)5)14(2)12-24(17)20(27)25(18)15-8-10-16(29-6)11-9-15;2*1-4-24-16(21)15-14-9-18-11(2)10-19(14)17(22)20(15)12-5-7-13(23-3)8-6-12;1-9(2,3)14-7(11)13-8(12)15-10(4,5)6/h8-11,14H,7,12-13H2,1-6H3;5-8,11,18H,4,9-10H2,1-3H3;5-10H,4H2,1-3H3;1-6H3. The van der Waals surface area contributed by atoms with Gasteiger partial charge >= 0.3 is 53.4 Å². The summed E-state index contributed by atoms with van der Waals surface area (Å²) in [5, 5.41) is 3.28. The summed E-state index contributed by atoms with van der Waals surface area (Å²) in [6.07, 6.45) is 0.489. The number of aromatic nitrogens is 7. The molecule has 1 N–H and O–H groups in total. The fourth-order valence-electron chi connectivity index (χ4n) is 9.65. The summed E-state index contributed by atoms with van der Waals surface area (Å²) in [5.74, 6) is 0.287. The molecule has 2 unspecified atom stereocenters. The third kappa shape index (κ3) is 18.1. The van der Waals surface area contributed by atoms with Gasteiger partial charge in [0.2, 0.25) is 0 Å². The van der Waals surface area contributed by atoms with Crippen molar-refractivity contribution in [3.05, 3.63) is 151 Å². The number of hydrogen-bond acceptors (Lipinski definition) is 21. The number of carbonyl (C=O) groups excluding carboxylic acids is 6. The molecule has 2 aliphatic heterocycles. The zero-order valence-electron chi connectivity index (χ0n) is 56.5. The van der Waals surface area contributed by atoms with Crippen molar-refractivity contribution in [3.63, 3.8) is 0 Å². The van der Waals surface area contributed by atoms with E-state index in [2.05, 4.69) is 15.0 Å². The van der Waals surface area contributed by atoms with E-state index in [-0.39, 0.29) is 79.1 Å². The van der Waals surface area contributed by atoms with Crippen molar-refractivity contribution < 1.29 is 76.1 Å². The van der Waals surface area contributed by atoms with E-state index in [1.54, 1.807) is 195 Å². The number of amides is 1. The van der Waals surface area contributed by atoms with E-state index in [1.165, 1.54) is 33.8 Å². The lowest BCUT2D eigenvalue weighted by Gasteiger charge is -2.35. The van der Waals surface area contributed by atoms with Gasteiger partial charge in [-0.1, -0.05) is 0 Å². The predicted molar refractivity (Wildman–Crippen MR) is 344 cm³/mol. The Kier molecular flexibility index (Phi) is 24.1. The molecule has 1 amide bonds. The number of aryl methyl sites for hydroxylation is 1. The van der Waals surface area contributed by atoms with Crippen LogP contribution in [0.3, 0.4) is 0 Å². The van der Waals surface area contributed by atoms with Gasteiger partial charge in [0.25, 0.3) is 0 Å². The number of esters is 3. The number of rotatable bonds is 12. The van der Waals surface area contributed by atoms with Crippen LogP contribution in [0, 0.1) is 6.92 Å². The molecular formula is C66H85N9O19. The molecule has 6 heterocycles. The van der Waals surface area contributed by atoms with E-state index in [0.717, 1.165) is 0 Å². The number of hydrogen-bond donors (Lipinski definition) is 1. The predicted octanol–water partition coefficient (Wildman–Crippen LogP) is 9.13. The highest BCUT2D eigenvalue weighted by molar-refractivity contribution is 5.96. The van der Waals surface area contributed by atoms with Crippen LogP contribution in [0.2, 0.25) is 0 Å². The second-order valence-corrected chi connectivity index (χ2v) is 24.3. The number of carbonyl (C=O) groups is 6. The summed E-state index contributed by atoms with van der Waals surface area (Å²) in [6, 6.07) is 20.6. The highest BCUT2D eigenvalue weighted by atomic mass is 16.8. The molecule has 0 bridgehead atoms. The molecule has 4 aromatic heterocycles. The lowest BCUT2D eigenvalue weighted by Crippen LogP contribution is -2.48. The van der Waals surface area contributed by atoms with E-state index in [0.29, 0.717) is 70.0 Å². The first-order chi connectivity index (χ1) is 44.2. The van der Waals surface area contributed by atoms with E-state index in [1.807, 2.05) is 13.8 Å². The molecule has 0 radical (unpaired) electrons. The van der Waals surface area contributed by atoms with Crippen LogP contribution in [0.1, 0.15) is 145 Å². The summed E-state index contributed by atoms with van der Waals surface area (Å²) < 4.78 is 59.0. The van der Waals surface area contributed by atoms with Crippen LogP contribution in [0.4, 0.5) is 14.4 Å². The highest BCUT2D eigenvalue weighted by Crippen LogP contribution is 2.27. The molecule has 0 spiro atoms. The van der Waals surface area contributed by atoms with Gasteiger partial charge in [-0.15, -0.1) is 0 Å². The smallest absolute Gasteiger partial charge is 0.497 e. The second-order valence-electron chi connectivity index (χ2n) is 24.3. The molecule has 7 aromatic rings. The van der Waals surface area contributed by atoms with Gasteiger partial charge in [-0.05, 0) is 177 Å². The minimum atomic E-state index is -1.06. The van der Waals surface area contributed by atoms with Crippen LogP contribution in [0.25, 0.3) is 22.6 Å². The topological polar surface area (TPSA) is 303 Å². The minimum absolute atomic E-state index is 0.0582. The molecule has 94 heavy (non-hydrogen) atoms. The van der Waals surface area contributed by atoms with Crippen LogP contribution < -0.4 is 36.6 Å². The van der Waals surface area contributed by atoms with Gasteiger partial charge in [0.1, 0.15) is 39.6 Å². The van der Waals surface area contributed by atoms with E-state index < -0.39 is 53.1 Å². The maximum Gasteiger partial charge on any atom is 0.519 e. The van der Waals surface area contributed by atoms with Gasteiger partial charge in [0.15, 0.2) is 17.1 Å². The Balaban J connectivity index is 0.000000204. The molecule has 2 aliphatic rings. The Morgan fingerprint density at radius 1 is 0.532 bits per heavy atom. The number of nitrogens with zero attached hydrogens (tertiary/aromatic N) is 8. The molecule has 0 saturated carbocycles. The van der Waals surface area contributed by atoms with Crippen molar-refractivity contribution in [2.75, 3.05) is 41.2 Å². The van der Waals surface area contributed by atoms with Crippen LogP contribution in [-0.2, 0) is 59.3 Å². The Labute approximate surface area is 543 Å². The fraction of sp³-hybridized carbons (Fsp3) is 0.455. The third-order valence-corrected chi connectivity index (χ3v) is 13.7. The molecule has 3 aromatic carbocycles. The number of imidazole rings is 3. The number of nitrogens with one attached hydrogen (secondary N) is 1. The lowest BCUT2D eigenvalue weighted by molar-refractivity contribution is -0.0295. The maximum absolute atomic E-state index is 13.3. The monoisotopic (exact) mass is 1310 g/mol. The SMILES string of the molecule is CC(C)(C)OC(=O)OC(=O)OC(C)(C)C.CCOC(=O)c1c2cnc(C)cn2c(=O)n1-c1ccc(OC)cc1.CCOC(=O)c1c2n(c(=O)n1-c1ccc(OC)cc1)CC(C)N(C(=O)OC(C)(C)C)C2.CCOC(=O)c1c2n(c(=O)n1-c1ccc(OC)cc1)CC(C)NC2. The molecule has 508 valence electrons. The molecule has 9 rings (SSSR count). The lowest BCUT2D eigenvalue weighted by atomic mass is 10.1. The van der Waals surface area contributed by atoms with Gasteiger partial charge < -0.3 is 52.7 Å². The van der Waals surface area contributed by atoms with Crippen LogP contribution in [-0.4, -0.2) is 143 Å². The molecule has 2 atom stereocenters. The fourth-order valence-corrected chi connectivity index (χ4v) is 9.65. The van der Waals surface area contributed by atoms with Crippen molar-refractivity contribution >= 4 is 41.8 Å².